The van der Waals surface area contributed by atoms with Gasteiger partial charge in [0.15, 0.2) is 0 Å². The van der Waals surface area contributed by atoms with Crippen LogP contribution in [0.15, 0.2) is 82.6 Å². The zero-order valence-electron chi connectivity index (χ0n) is 18.9. The van der Waals surface area contributed by atoms with E-state index in [0.29, 0.717) is 0 Å². The van der Waals surface area contributed by atoms with Crippen molar-refractivity contribution in [2.24, 2.45) is 0 Å². The third kappa shape index (κ3) is 5.51. The number of nitrogens with zero attached hydrogens (tertiary/aromatic N) is 2. The monoisotopic (exact) mass is 533 g/mol. The lowest BCUT2D eigenvalue weighted by Gasteiger charge is -2.34. The molecule has 0 bridgehead atoms. The number of anilines is 1. The average molecular weight is 534 g/mol. The fourth-order valence-electron chi connectivity index (χ4n) is 3.71. The van der Waals surface area contributed by atoms with Crippen LogP contribution in [-0.2, 0) is 20.0 Å². The van der Waals surface area contributed by atoms with Crippen LogP contribution >= 0.6 is 11.6 Å². The first-order chi connectivity index (χ1) is 16.6. The molecule has 3 aromatic carbocycles. The third-order valence-corrected chi connectivity index (χ3v) is 9.31. The third-order valence-electron chi connectivity index (χ3n) is 5.70. The number of amides is 1. The number of carbonyl (C=O) groups is 1. The summed E-state index contributed by atoms with van der Waals surface area (Å²) in [5.74, 6) is -0.309. The Bertz CT molecular complexity index is 1440. The molecule has 184 valence electrons. The van der Waals surface area contributed by atoms with Crippen LogP contribution in [0, 0.1) is 6.92 Å². The Kier molecular flexibility index (Phi) is 7.18. The Morgan fingerprint density at radius 3 is 2.06 bits per heavy atom. The number of benzene rings is 3. The lowest BCUT2D eigenvalue weighted by molar-refractivity contribution is 0.0698. The quantitative estimate of drug-likeness (QED) is 0.521. The van der Waals surface area contributed by atoms with Crippen LogP contribution in [0.5, 0.6) is 0 Å². The molecule has 0 saturated carbocycles. The predicted octanol–water partition coefficient (Wildman–Crippen LogP) is 3.60. The Morgan fingerprint density at radius 2 is 1.46 bits per heavy atom. The van der Waals surface area contributed by atoms with Crippen molar-refractivity contribution in [3.05, 3.63) is 88.9 Å². The van der Waals surface area contributed by atoms with Crippen LogP contribution in [0.25, 0.3) is 0 Å². The Labute approximate surface area is 210 Å². The number of sulfonamides is 2. The number of halogens is 1. The normalized spacial score (nSPS) is 15.1. The van der Waals surface area contributed by atoms with Crippen molar-refractivity contribution in [2.75, 3.05) is 30.9 Å². The number of nitrogens with one attached hydrogen (secondary N) is 1. The van der Waals surface area contributed by atoms with E-state index in [1.165, 1.54) is 34.6 Å². The number of carbonyl (C=O) groups excluding carboxylic acids is 1. The van der Waals surface area contributed by atoms with E-state index >= 15 is 0 Å². The minimum absolute atomic E-state index is 0.0796. The van der Waals surface area contributed by atoms with E-state index in [1.54, 1.807) is 47.4 Å². The number of rotatable bonds is 6. The first-order valence-corrected chi connectivity index (χ1v) is 14.1. The van der Waals surface area contributed by atoms with E-state index < -0.39 is 20.0 Å². The second kappa shape index (κ2) is 9.98. The molecule has 1 aliphatic rings. The van der Waals surface area contributed by atoms with Crippen LogP contribution < -0.4 is 4.72 Å². The summed E-state index contributed by atoms with van der Waals surface area (Å²) < 4.78 is 54.7. The Hall–Kier alpha value is -2.92. The molecule has 0 spiro atoms. The molecule has 1 fully saturated rings. The SMILES string of the molecule is Cc1ccc(S(=O)(=O)N2CCN(C(=O)c3ccc(NS(=O)(=O)c4ccccc4)c(Cl)c3)CC2)cc1. The van der Waals surface area contributed by atoms with Crippen molar-refractivity contribution in [1.82, 2.24) is 9.21 Å². The minimum Gasteiger partial charge on any atom is -0.336 e. The molecule has 0 aliphatic carbocycles. The van der Waals surface area contributed by atoms with Gasteiger partial charge in [-0.15, -0.1) is 0 Å². The molecule has 1 heterocycles. The highest BCUT2D eigenvalue weighted by atomic mass is 35.5. The van der Waals surface area contributed by atoms with Crippen molar-refractivity contribution in [3.8, 4) is 0 Å². The second-order valence-corrected chi connectivity index (χ2v) is 12.2. The summed E-state index contributed by atoms with van der Waals surface area (Å²) in [6.45, 7) is 2.68. The fourth-order valence-corrected chi connectivity index (χ4v) is 6.51. The van der Waals surface area contributed by atoms with E-state index in [9.17, 15) is 21.6 Å². The predicted molar refractivity (Wildman–Crippen MR) is 135 cm³/mol. The molecular weight excluding hydrogens is 510 g/mol. The van der Waals surface area contributed by atoms with Gasteiger partial charge >= 0.3 is 0 Å². The van der Waals surface area contributed by atoms with Gasteiger partial charge in [-0.25, -0.2) is 16.8 Å². The Balaban J connectivity index is 1.42. The zero-order chi connectivity index (χ0) is 25.2. The molecule has 35 heavy (non-hydrogen) atoms. The van der Waals surface area contributed by atoms with Gasteiger partial charge in [0.05, 0.1) is 20.5 Å². The molecular formula is C24H24ClN3O5S2. The molecule has 4 rings (SSSR count). The van der Waals surface area contributed by atoms with Gasteiger partial charge in [0.2, 0.25) is 10.0 Å². The molecule has 1 amide bonds. The van der Waals surface area contributed by atoms with Gasteiger partial charge in [-0.3, -0.25) is 9.52 Å². The molecule has 11 heteroatoms. The molecule has 1 N–H and O–H groups in total. The standard InChI is InChI=1S/C24H24ClN3O5S2/c1-18-7-10-21(11-8-18)35(32,33)28-15-13-27(14-16-28)24(29)19-9-12-23(22(25)17-19)26-34(30,31)20-5-3-2-4-6-20/h2-12,17,26H,13-16H2,1H3. The summed E-state index contributed by atoms with van der Waals surface area (Å²) in [4.78, 5) is 14.9. The summed E-state index contributed by atoms with van der Waals surface area (Å²) in [7, 11) is -7.46. The highest BCUT2D eigenvalue weighted by molar-refractivity contribution is 7.92. The maximum absolute atomic E-state index is 13.0. The highest BCUT2D eigenvalue weighted by Crippen LogP contribution is 2.27. The number of piperazine rings is 1. The molecule has 0 radical (unpaired) electrons. The smallest absolute Gasteiger partial charge is 0.261 e. The van der Waals surface area contributed by atoms with Crippen molar-refractivity contribution in [2.45, 2.75) is 16.7 Å². The van der Waals surface area contributed by atoms with E-state index in [0.717, 1.165) is 5.56 Å². The summed E-state index contributed by atoms with van der Waals surface area (Å²) in [5, 5.41) is 0.0796. The molecule has 0 atom stereocenters. The topological polar surface area (TPSA) is 104 Å². The lowest BCUT2D eigenvalue weighted by Crippen LogP contribution is -2.50. The minimum atomic E-state index is -3.83. The molecule has 3 aromatic rings. The number of aryl methyl sites for hydroxylation is 1. The van der Waals surface area contributed by atoms with Gasteiger partial charge in [-0.05, 0) is 49.4 Å². The molecule has 0 unspecified atom stereocenters. The van der Waals surface area contributed by atoms with Crippen LogP contribution in [0.4, 0.5) is 5.69 Å². The van der Waals surface area contributed by atoms with Gasteiger partial charge in [-0.2, -0.15) is 4.31 Å². The van der Waals surface area contributed by atoms with E-state index in [1.807, 2.05) is 6.92 Å². The van der Waals surface area contributed by atoms with E-state index in [-0.39, 0.29) is 58.2 Å². The van der Waals surface area contributed by atoms with Gasteiger partial charge in [0, 0.05) is 31.7 Å². The van der Waals surface area contributed by atoms with Crippen molar-refractivity contribution in [1.29, 1.82) is 0 Å². The van der Waals surface area contributed by atoms with Crippen LogP contribution in [0.1, 0.15) is 15.9 Å². The first kappa shape index (κ1) is 25.2. The van der Waals surface area contributed by atoms with Crippen LogP contribution in [-0.4, -0.2) is 58.1 Å². The van der Waals surface area contributed by atoms with Crippen molar-refractivity contribution in [3.63, 3.8) is 0 Å². The summed E-state index contributed by atoms with van der Waals surface area (Å²) in [5.41, 5.74) is 1.41. The molecule has 1 aliphatic heterocycles. The maximum atomic E-state index is 13.0. The number of hydrogen-bond acceptors (Lipinski definition) is 5. The van der Waals surface area contributed by atoms with Gasteiger partial charge in [0.1, 0.15) is 0 Å². The maximum Gasteiger partial charge on any atom is 0.261 e. The second-order valence-electron chi connectivity index (χ2n) is 8.12. The zero-order valence-corrected chi connectivity index (χ0v) is 21.3. The van der Waals surface area contributed by atoms with Crippen LogP contribution in [0.3, 0.4) is 0 Å². The van der Waals surface area contributed by atoms with Gasteiger partial charge in [-0.1, -0.05) is 47.5 Å². The average Bonchev–Trinajstić information content (AvgIpc) is 2.85. The Morgan fingerprint density at radius 1 is 0.829 bits per heavy atom. The fraction of sp³-hybridized carbons (Fsp3) is 0.208. The molecule has 1 saturated heterocycles. The van der Waals surface area contributed by atoms with E-state index in [2.05, 4.69) is 4.72 Å². The summed E-state index contributed by atoms with van der Waals surface area (Å²) in [6, 6.07) is 18.9. The first-order valence-electron chi connectivity index (χ1n) is 10.8. The van der Waals surface area contributed by atoms with Crippen molar-refractivity contribution >= 4 is 43.2 Å². The largest absolute Gasteiger partial charge is 0.336 e. The summed E-state index contributed by atoms with van der Waals surface area (Å²) in [6.07, 6.45) is 0. The molecule has 8 nitrogen and oxygen atoms in total. The van der Waals surface area contributed by atoms with Crippen molar-refractivity contribution < 1.29 is 21.6 Å². The lowest BCUT2D eigenvalue weighted by atomic mass is 10.1. The summed E-state index contributed by atoms with van der Waals surface area (Å²) >= 11 is 6.28. The van der Waals surface area contributed by atoms with Crippen LogP contribution in [0.2, 0.25) is 5.02 Å². The van der Waals surface area contributed by atoms with E-state index in [4.69, 9.17) is 11.6 Å². The molecule has 0 aromatic heterocycles. The van der Waals surface area contributed by atoms with Gasteiger partial charge < -0.3 is 4.90 Å². The number of hydrogen-bond donors (Lipinski definition) is 1. The van der Waals surface area contributed by atoms with Gasteiger partial charge in [0.25, 0.3) is 15.9 Å². The highest BCUT2D eigenvalue weighted by Gasteiger charge is 2.30.